The standard InChI is InChI=1S/C16H22Cl2N2O/c17-14-4-5-15(21)16(18)13(14)11-19-9-6-12(10-19)20-7-2-1-3-8-20/h4-5,12,21H,1-3,6-11H2. The van der Waals surface area contributed by atoms with Crippen LogP contribution in [0, 0.1) is 0 Å². The average molecular weight is 329 g/mol. The molecule has 2 aliphatic rings. The molecular formula is C16H22Cl2N2O. The van der Waals surface area contributed by atoms with E-state index >= 15 is 0 Å². The second-order valence-electron chi connectivity index (χ2n) is 6.13. The Labute approximate surface area is 136 Å². The van der Waals surface area contributed by atoms with Crippen LogP contribution in [-0.4, -0.2) is 47.1 Å². The zero-order valence-corrected chi connectivity index (χ0v) is 13.7. The molecule has 3 rings (SSSR count). The lowest BCUT2D eigenvalue weighted by molar-refractivity contribution is 0.161. The van der Waals surface area contributed by atoms with E-state index in [-0.39, 0.29) is 5.75 Å². The number of phenols is 1. The average Bonchev–Trinajstić information content (AvgIpc) is 2.97. The molecule has 5 heteroatoms. The first-order valence-electron chi connectivity index (χ1n) is 7.77. The molecule has 0 aromatic heterocycles. The van der Waals surface area contributed by atoms with Gasteiger partial charge < -0.3 is 5.11 Å². The summed E-state index contributed by atoms with van der Waals surface area (Å²) in [6.07, 6.45) is 5.26. The predicted octanol–water partition coefficient (Wildman–Crippen LogP) is 3.76. The molecule has 0 amide bonds. The Kier molecular flexibility index (Phi) is 4.95. The molecule has 0 spiro atoms. The molecule has 116 valence electrons. The topological polar surface area (TPSA) is 26.7 Å². The van der Waals surface area contributed by atoms with Gasteiger partial charge in [-0.1, -0.05) is 29.6 Å². The van der Waals surface area contributed by atoms with Gasteiger partial charge in [-0.3, -0.25) is 9.80 Å². The van der Waals surface area contributed by atoms with Crippen molar-refractivity contribution in [1.82, 2.24) is 9.80 Å². The third-order valence-corrected chi connectivity index (χ3v) is 5.48. The molecule has 21 heavy (non-hydrogen) atoms. The van der Waals surface area contributed by atoms with Crippen molar-refractivity contribution >= 4 is 23.2 Å². The van der Waals surface area contributed by atoms with Crippen LogP contribution in [0.3, 0.4) is 0 Å². The van der Waals surface area contributed by atoms with Gasteiger partial charge in [-0.05, 0) is 44.5 Å². The fourth-order valence-corrected chi connectivity index (χ4v) is 3.98. The number of benzene rings is 1. The normalized spacial score (nSPS) is 24.6. The molecule has 0 aliphatic carbocycles. The van der Waals surface area contributed by atoms with Gasteiger partial charge in [0.2, 0.25) is 0 Å². The molecule has 0 radical (unpaired) electrons. The fraction of sp³-hybridized carbons (Fsp3) is 0.625. The lowest BCUT2D eigenvalue weighted by Gasteiger charge is -2.32. The molecule has 2 fully saturated rings. The van der Waals surface area contributed by atoms with Gasteiger partial charge in [0.25, 0.3) is 0 Å². The van der Waals surface area contributed by atoms with Gasteiger partial charge >= 0.3 is 0 Å². The van der Waals surface area contributed by atoms with E-state index in [4.69, 9.17) is 23.2 Å². The molecule has 2 heterocycles. The van der Waals surface area contributed by atoms with Crippen molar-refractivity contribution < 1.29 is 5.11 Å². The summed E-state index contributed by atoms with van der Waals surface area (Å²) in [7, 11) is 0. The van der Waals surface area contributed by atoms with E-state index in [0.29, 0.717) is 16.1 Å². The maximum Gasteiger partial charge on any atom is 0.134 e. The minimum Gasteiger partial charge on any atom is -0.506 e. The summed E-state index contributed by atoms with van der Waals surface area (Å²) in [4.78, 5) is 5.03. The van der Waals surface area contributed by atoms with Crippen molar-refractivity contribution in [2.75, 3.05) is 26.2 Å². The van der Waals surface area contributed by atoms with Crippen LogP contribution < -0.4 is 0 Å². The quantitative estimate of drug-likeness (QED) is 0.915. The van der Waals surface area contributed by atoms with Crippen LogP contribution in [-0.2, 0) is 6.54 Å². The first-order chi connectivity index (χ1) is 10.1. The maximum atomic E-state index is 9.74. The van der Waals surface area contributed by atoms with Crippen LogP contribution in [0.2, 0.25) is 10.0 Å². The number of hydrogen-bond acceptors (Lipinski definition) is 3. The number of hydrogen-bond donors (Lipinski definition) is 1. The Morgan fingerprint density at radius 3 is 2.62 bits per heavy atom. The van der Waals surface area contributed by atoms with E-state index in [0.717, 1.165) is 25.2 Å². The number of likely N-dealkylation sites (tertiary alicyclic amines) is 2. The van der Waals surface area contributed by atoms with E-state index in [1.54, 1.807) is 12.1 Å². The summed E-state index contributed by atoms with van der Waals surface area (Å²) in [5.74, 6) is 0.114. The van der Waals surface area contributed by atoms with Crippen LogP contribution in [0.4, 0.5) is 0 Å². The van der Waals surface area contributed by atoms with Gasteiger partial charge in [0.1, 0.15) is 5.75 Å². The fourth-order valence-electron chi connectivity index (χ4n) is 3.49. The molecule has 1 aromatic rings. The highest BCUT2D eigenvalue weighted by Gasteiger charge is 2.29. The van der Waals surface area contributed by atoms with Gasteiger partial charge in [0, 0.05) is 36.3 Å². The maximum absolute atomic E-state index is 9.74. The predicted molar refractivity (Wildman–Crippen MR) is 87.2 cm³/mol. The highest BCUT2D eigenvalue weighted by molar-refractivity contribution is 6.36. The van der Waals surface area contributed by atoms with Gasteiger partial charge in [-0.25, -0.2) is 0 Å². The number of nitrogens with zero attached hydrogens (tertiary/aromatic N) is 2. The van der Waals surface area contributed by atoms with Crippen molar-refractivity contribution in [3.05, 3.63) is 27.7 Å². The van der Waals surface area contributed by atoms with Crippen LogP contribution in [0.25, 0.3) is 0 Å². The smallest absolute Gasteiger partial charge is 0.134 e. The van der Waals surface area contributed by atoms with E-state index < -0.39 is 0 Å². The zero-order chi connectivity index (χ0) is 14.8. The van der Waals surface area contributed by atoms with E-state index in [2.05, 4.69) is 9.80 Å². The van der Waals surface area contributed by atoms with Crippen LogP contribution in [0.15, 0.2) is 12.1 Å². The van der Waals surface area contributed by atoms with Crippen molar-refractivity contribution in [1.29, 1.82) is 0 Å². The van der Waals surface area contributed by atoms with Crippen molar-refractivity contribution in [3.63, 3.8) is 0 Å². The molecule has 1 unspecified atom stereocenters. The Morgan fingerprint density at radius 1 is 1.10 bits per heavy atom. The monoisotopic (exact) mass is 328 g/mol. The number of phenolic OH excluding ortho intramolecular Hbond substituents is 1. The van der Waals surface area contributed by atoms with Crippen LogP contribution in [0.1, 0.15) is 31.2 Å². The number of rotatable bonds is 3. The van der Waals surface area contributed by atoms with Crippen molar-refractivity contribution in [2.24, 2.45) is 0 Å². The van der Waals surface area contributed by atoms with Gasteiger partial charge in [-0.15, -0.1) is 0 Å². The summed E-state index contributed by atoms with van der Waals surface area (Å²) in [5.41, 5.74) is 0.845. The summed E-state index contributed by atoms with van der Waals surface area (Å²) in [6, 6.07) is 3.94. The Bertz CT molecular complexity index is 503. The minimum atomic E-state index is 0.114. The largest absolute Gasteiger partial charge is 0.506 e. The minimum absolute atomic E-state index is 0.114. The van der Waals surface area contributed by atoms with Crippen LogP contribution >= 0.6 is 23.2 Å². The Balaban J connectivity index is 1.63. The molecule has 1 N–H and O–H groups in total. The lowest BCUT2D eigenvalue weighted by atomic mass is 10.1. The van der Waals surface area contributed by atoms with E-state index in [9.17, 15) is 5.11 Å². The van der Waals surface area contributed by atoms with Crippen molar-refractivity contribution in [3.8, 4) is 5.75 Å². The van der Waals surface area contributed by atoms with E-state index in [1.165, 1.54) is 38.8 Å². The van der Waals surface area contributed by atoms with Crippen molar-refractivity contribution in [2.45, 2.75) is 38.3 Å². The second-order valence-corrected chi connectivity index (χ2v) is 6.92. The lowest BCUT2D eigenvalue weighted by Crippen LogP contribution is -2.40. The van der Waals surface area contributed by atoms with Gasteiger partial charge in [0.15, 0.2) is 0 Å². The molecule has 0 saturated carbocycles. The molecule has 2 saturated heterocycles. The molecule has 0 bridgehead atoms. The molecule has 1 atom stereocenters. The highest BCUT2D eigenvalue weighted by atomic mass is 35.5. The first-order valence-corrected chi connectivity index (χ1v) is 8.53. The first kappa shape index (κ1) is 15.4. The highest BCUT2D eigenvalue weighted by Crippen LogP contribution is 2.34. The summed E-state index contributed by atoms with van der Waals surface area (Å²) in [6.45, 7) is 5.35. The molecule has 3 nitrogen and oxygen atoms in total. The second kappa shape index (κ2) is 6.74. The van der Waals surface area contributed by atoms with Gasteiger partial charge in [-0.2, -0.15) is 0 Å². The van der Waals surface area contributed by atoms with E-state index in [1.807, 2.05) is 0 Å². The third kappa shape index (κ3) is 3.48. The summed E-state index contributed by atoms with van der Waals surface area (Å²) < 4.78 is 0. The Morgan fingerprint density at radius 2 is 1.86 bits per heavy atom. The summed E-state index contributed by atoms with van der Waals surface area (Å²) in [5, 5.41) is 10.8. The van der Waals surface area contributed by atoms with Crippen LogP contribution in [0.5, 0.6) is 5.75 Å². The number of piperidine rings is 1. The summed E-state index contributed by atoms with van der Waals surface area (Å²) >= 11 is 12.4. The third-order valence-electron chi connectivity index (χ3n) is 4.70. The molecular weight excluding hydrogens is 307 g/mol. The molecule has 1 aromatic carbocycles. The van der Waals surface area contributed by atoms with Gasteiger partial charge in [0.05, 0.1) is 5.02 Å². The zero-order valence-electron chi connectivity index (χ0n) is 12.2. The number of aromatic hydroxyl groups is 1. The SMILES string of the molecule is Oc1ccc(Cl)c(CN2CCC(N3CCCCC3)C2)c1Cl. The Hall–Kier alpha value is -0.480. The molecule has 2 aliphatic heterocycles. The number of halogens is 2.